The van der Waals surface area contributed by atoms with E-state index < -0.39 is 5.82 Å². The highest BCUT2D eigenvalue weighted by atomic mass is 35.5. The van der Waals surface area contributed by atoms with E-state index in [4.69, 9.17) is 23.2 Å². The molecule has 0 aliphatic heterocycles. The molecule has 2 aromatic heterocycles. The van der Waals surface area contributed by atoms with Crippen molar-refractivity contribution in [3.63, 3.8) is 0 Å². The summed E-state index contributed by atoms with van der Waals surface area (Å²) in [6.07, 6.45) is 1.57. The van der Waals surface area contributed by atoms with Crippen LogP contribution in [-0.4, -0.2) is 19.9 Å². The van der Waals surface area contributed by atoms with Crippen molar-refractivity contribution in [3.8, 4) is 11.3 Å². The third-order valence-electron chi connectivity index (χ3n) is 2.69. The SMILES string of the molecule is Cc1cnc2c(-c3ccc(Cl)cc3F)nc(Cl)nc2n1. The Kier molecular flexibility index (Phi) is 3.23. The minimum atomic E-state index is -0.504. The Morgan fingerprint density at radius 1 is 1.10 bits per heavy atom. The van der Waals surface area contributed by atoms with Crippen LogP contribution >= 0.6 is 23.2 Å². The van der Waals surface area contributed by atoms with Crippen molar-refractivity contribution < 1.29 is 4.39 Å². The number of aromatic nitrogens is 4. The van der Waals surface area contributed by atoms with Gasteiger partial charge in [0.1, 0.15) is 17.0 Å². The molecule has 3 rings (SSSR count). The minimum Gasteiger partial charge on any atom is -0.249 e. The van der Waals surface area contributed by atoms with Crippen LogP contribution in [0.3, 0.4) is 0 Å². The zero-order valence-corrected chi connectivity index (χ0v) is 11.7. The summed E-state index contributed by atoms with van der Waals surface area (Å²) in [5, 5.41) is 0.291. The first-order valence-electron chi connectivity index (χ1n) is 5.67. The number of aryl methyl sites for hydroxylation is 1. The number of halogens is 3. The average molecular weight is 309 g/mol. The Morgan fingerprint density at radius 2 is 1.90 bits per heavy atom. The molecule has 0 saturated heterocycles. The average Bonchev–Trinajstić information content (AvgIpc) is 2.37. The van der Waals surface area contributed by atoms with E-state index >= 15 is 0 Å². The smallest absolute Gasteiger partial charge is 0.225 e. The fourth-order valence-electron chi connectivity index (χ4n) is 1.84. The summed E-state index contributed by atoms with van der Waals surface area (Å²) in [6.45, 7) is 1.78. The fourth-order valence-corrected chi connectivity index (χ4v) is 2.16. The van der Waals surface area contributed by atoms with Crippen molar-refractivity contribution >= 4 is 34.4 Å². The third kappa shape index (κ3) is 2.30. The van der Waals surface area contributed by atoms with E-state index in [0.717, 1.165) is 0 Å². The minimum absolute atomic E-state index is 0.0123. The van der Waals surface area contributed by atoms with Crippen LogP contribution in [-0.2, 0) is 0 Å². The topological polar surface area (TPSA) is 51.6 Å². The van der Waals surface area contributed by atoms with Crippen molar-refractivity contribution in [2.24, 2.45) is 0 Å². The van der Waals surface area contributed by atoms with Gasteiger partial charge in [-0.3, -0.25) is 0 Å². The maximum Gasteiger partial charge on any atom is 0.225 e. The quantitative estimate of drug-likeness (QED) is 0.641. The Labute approximate surface area is 123 Å². The number of nitrogens with zero attached hydrogens (tertiary/aromatic N) is 4. The van der Waals surface area contributed by atoms with Crippen molar-refractivity contribution in [2.75, 3.05) is 0 Å². The van der Waals surface area contributed by atoms with Crippen LogP contribution in [0.1, 0.15) is 5.69 Å². The Hall–Kier alpha value is -1.85. The number of fused-ring (bicyclic) bond motifs is 1. The van der Waals surface area contributed by atoms with Crippen molar-refractivity contribution in [3.05, 3.63) is 46.2 Å². The van der Waals surface area contributed by atoms with Gasteiger partial charge in [0.2, 0.25) is 5.28 Å². The lowest BCUT2D eigenvalue weighted by Crippen LogP contribution is -1.98. The van der Waals surface area contributed by atoms with Crippen LogP contribution in [0.4, 0.5) is 4.39 Å². The highest BCUT2D eigenvalue weighted by Crippen LogP contribution is 2.28. The molecule has 2 heterocycles. The molecule has 20 heavy (non-hydrogen) atoms. The highest BCUT2D eigenvalue weighted by Gasteiger charge is 2.15. The number of hydrogen-bond acceptors (Lipinski definition) is 4. The molecule has 0 atom stereocenters. The van der Waals surface area contributed by atoms with Crippen LogP contribution in [0.25, 0.3) is 22.4 Å². The monoisotopic (exact) mass is 308 g/mol. The molecule has 100 valence electrons. The summed E-state index contributed by atoms with van der Waals surface area (Å²) >= 11 is 11.6. The molecule has 0 aliphatic rings. The summed E-state index contributed by atoms with van der Waals surface area (Å²) in [4.78, 5) is 16.5. The molecule has 0 radical (unpaired) electrons. The summed E-state index contributed by atoms with van der Waals surface area (Å²) in [5.41, 5.74) is 1.95. The Morgan fingerprint density at radius 3 is 2.65 bits per heavy atom. The van der Waals surface area contributed by atoms with Crippen LogP contribution in [0.2, 0.25) is 10.3 Å². The summed E-state index contributed by atoms with van der Waals surface area (Å²) in [7, 11) is 0. The second-order valence-corrected chi connectivity index (χ2v) is 4.92. The Balaban J connectivity index is 2.35. The van der Waals surface area contributed by atoms with Crippen LogP contribution in [0.15, 0.2) is 24.4 Å². The highest BCUT2D eigenvalue weighted by molar-refractivity contribution is 6.30. The summed E-state index contributed by atoms with van der Waals surface area (Å²) in [5.74, 6) is -0.504. The summed E-state index contributed by atoms with van der Waals surface area (Å²) < 4.78 is 14.0. The lowest BCUT2D eigenvalue weighted by molar-refractivity contribution is 0.631. The number of hydrogen-bond donors (Lipinski definition) is 0. The van der Waals surface area contributed by atoms with E-state index in [-0.39, 0.29) is 10.8 Å². The molecule has 0 N–H and O–H groups in total. The van der Waals surface area contributed by atoms with E-state index in [0.29, 0.717) is 27.6 Å². The molecule has 3 aromatic rings. The lowest BCUT2D eigenvalue weighted by atomic mass is 10.1. The largest absolute Gasteiger partial charge is 0.249 e. The van der Waals surface area contributed by atoms with Gasteiger partial charge >= 0.3 is 0 Å². The maximum absolute atomic E-state index is 14.0. The Bertz CT molecular complexity index is 818. The van der Waals surface area contributed by atoms with E-state index in [1.807, 2.05) is 0 Å². The van der Waals surface area contributed by atoms with E-state index in [2.05, 4.69) is 19.9 Å². The predicted molar refractivity (Wildman–Crippen MR) is 75.3 cm³/mol. The van der Waals surface area contributed by atoms with Crippen LogP contribution in [0, 0.1) is 12.7 Å². The molecular weight excluding hydrogens is 302 g/mol. The predicted octanol–water partition coefficient (Wildman–Crippen LogP) is 3.84. The second-order valence-electron chi connectivity index (χ2n) is 4.15. The standard InChI is InChI=1S/C13H7Cl2FN4/c1-6-5-17-11-10(19-13(15)20-12(11)18-6)8-3-2-7(14)4-9(8)16/h2-5H,1H3. The third-order valence-corrected chi connectivity index (χ3v) is 3.09. The zero-order chi connectivity index (χ0) is 14.3. The van der Waals surface area contributed by atoms with E-state index in [9.17, 15) is 4.39 Å². The molecule has 7 heteroatoms. The zero-order valence-electron chi connectivity index (χ0n) is 10.2. The molecule has 4 nitrogen and oxygen atoms in total. The van der Waals surface area contributed by atoms with Gasteiger partial charge in [0.25, 0.3) is 0 Å². The normalized spacial score (nSPS) is 11.0. The van der Waals surface area contributed by atoms with Gasteiger partial charge in [-0.25, -0.2) is 19.3 Å². The molecule has 0 spiro atoms. The molecule has 0 saturated carbocycles. The molecule has 0 unspecified atom stereocenters. The molecule has 0 amide bonds. The number of benzene rings is 1. The number of rotatable bonds is 1. The van der Waals surface area contributed by atoms with Gasteiger partial charge in [-0.2, -0.15) is 4.98 Å². The fraction of sp³-hybridized carbons (Fsp3) is 0.0769. The maximum atomic E-state index is 14.0. The van der Waals surface area contributed by atoms with Crippen molar-refractivity contribution in [1.82, 2.24) is 19.9 Å². The first-order chi connectivity index (χ1) is 9.54. The molecule has 0 fully saturated rings. The van der Waals surface area contributed by atoms with Gasteiger partial charge < -0.3 is 0 Å². The van der Waals surface area contributed by atoms with Crippen molar-refractivity contribution in [1.29, 1.82) is 0 Å². The lowest BCUT2D eigenvalue weighted by Gasteiger charge is -2.06. The van der Waals surface area contributed by atoms with Gasteiger partial charge in [0.15, 0.2) is 5.65 Å². The van der Waals surface area contributed by atoms with Gasteiger partial charge in [0.05, 0.1) is 5.69 Å². The molecule has 0 aliphatic carbocycles. The van der Waals surface area contributed by atoms with Gasteiger partial charge in [0, 0.05) is 16.8 Å². The van der Waals surface area contributed by atoms with E-state index in [1.54, 1.807) is 19.2 Å². The first kappa shape index (κ1) is 13.1. The van der Waals surface area contributed by atoms with Crippen LogP contribution < -0.4 is 0 Å². The van der Waals surface area contributed by atoms with Gasteiger partial charge in [-0.1, -0.05) is 11.6 Å². The van der Waals surface area contributed by atoms with Gasteiger partial charge in [-0.05, 0) is 36.7 Å². The first-order valence-corrected chi connectivity index (χ1v) is 6.42. The molecular formula is C13H7Cl2FN4. The van der Waals surface area contributed by atoms with E-state index in [1.165, 1.54) is 12.1 Å². The summed E-state index contributed by atoms with van der Waals surface area (Å²) in [6, 6.07) is 4.31. The molecule has 0 bridgehead atoms. The van der Waals surface area contributed by atoms with Crippen molar-refractivity contribution in [2.45, 2.75) is 6.92 Å². The van der Waals surface area contributed by atoms with Gasteiger partial charge in [-0.15, -0.1) is 0 Å². The van der Waals surface area contributed by atoms with Crippen LogP contribution in [0.5, 0.6) is 0 Å². The second kappa shape index (κ2) is 4.92. The molecule has 1 aromatic carbocycles.